The Morgan fingerprint density at radius 3 is 2.39 bits per heavy atom. The first kappa shape index (κ1) is 25.5. The zero-order chi connectivity index (χ0) is 25.5. The fraction of sp³-hybridized carbons (Fsp3) is 0.407. The van der Waals surface area contributed by atoms with E-state index in [2.05, 4.69) is 44.3 Å². The van der Waals surface area contributed by atoms with E-state index in [0.717, 1.165) is 85.3 Å². The van der Waals surface area contributed by atoms with E-state index in [4.69, 9.17) is 15.1 Å². The van der Waals surface area contributed by atoms with Crippen molar-refractivity contribution in [2.24, 2.45) is 0 Å². The van der Waals surface area contributed by atoms with Crippen molar-refractivity contribution in [3.63, 3.8) is 0 Å². The van der Waals surface area contributed by atoms with Crippen LogP contribution in [0.3, 0.4) is 0 Å². The van der Waals surface area contributed by atoms with Gasteiger partial charge in [-0.15, -0.1) is 0 Å². The van der Waals surface area contributed by atoms with Gasteiger partial charge in [-0.2, -0.15) is 4.98 Å². The number of nitrogen functional groups attached to an aromatic ring is 1. The van der Waals surface area contributed by atoms with Crippen molar-refractivity contribution in [3.05, 3.63) is 42.6 Å². The second kappa shape index (κ2) is 11.9. The lowest BCUT2D eigenvalue weighted by Gasteiger charge is -2.33. The van der Waals surface area contributed by atoms with Gasteiger partial charge in [0.2, 0.25) is 0 Å². The average Bonchev–Trinajstić information content (AvgIpc) is 3.58. The van der Waals surface area contributed by atoms with Crippen molar-refractivity contribution in [1.82, 2.24) is 25.2 Å². The van der Waals surface area contributed by atoms with Crippen LogP contribution in [-0.2, 0) is 4.79 Å². The van der Waals surface area contributed by atoms with E-state index in [1.807, 2.05) is 44.3 Å². The molecule has 0 bridgehead atoms. The highest BCUT2D eigenvalue weighted by Gasteiger charge is 2.16. The lowest BCUT2D eigenvalue weighted by molar-refractivity contribution is -0.109. The summed E-state index contributed by atoms with van der Waals surface area (Å²) >= 11 is 0. The summed E-state index contributed by atoms with van der Waals surface area (Å²) in [6.45, 7) is 9.05. The van der Waals surface area contributed by atoms with Crippen molar-refractivity contribution in [2.45, 2.75) is 32.7 Å². The first-order valence-corrected chi connectivity index (χ1v) is 12.6. The topological polar surface area (TPSA) is 113 Å². The van der Waals surface area contributed by atoms with Gasteiger partial charge in [0.15, 0.2) is 5.58 Å². The normalized spacial score (nSPS) is 17.9. The minimum atomic E-state index is 0.167. The number of carbonyl (C=O) groups is 1. The van der Waals surface area contributed by atoms with E-state index >= 15 is 0 Å². The number of aromatic nitrogens is 3. The van der Waals surface area contributed by atoms with Gasteiger partial charge in [0, 0.05) is 26.2 Å². The van der Waals surface area contributed by atoms with Gasteiger partial charge in [-0.25, -0.2) is 4.98 Å². The fourth-order valence-corrected chi connectivity index (χ4v) is 4.32. The lowest BCUT2D eigenvalue weighted by Crippen LogP contribution is -2.44. The molecule has 0 radical (unpaired) electrons. The van der Waals surface area contributed by atoms with Crippen LogP contribution in [-0.4, -0.2) is 72.0 Å². The fourth-order valence-electron chi connectivity index (χ4n) is 4.32. The van der Waals surface area contributed by atoms with Gasteiger partial charge in [0.05, 0.1) is 23.3 Å². The first-order chi connectivity index (χ1) is 17.6. The summed E-state index contributed by atoms with van der Waals surface area (Å²) in [6, 6.07) is 12.4. The number of likely N-dealkylation sites (N-methyl/N-ethyl adjacent to an activating group) is 1. The number of carbonyl (C=O) groups excluding carboxylic acids is 1. The molecular formula is C27H35N7O2. The third-order valence-electron chi connectivity index (χ3n) is 6.36. The first-order valence-electron chi connectivity index (χ1n) is 12.6. The number of nitrogens with zero attached hydrogens (tertiary/aromatic N) is 5. The molecule has 0 aliphatic carbocycles. The minimum absolute atomic E-state index is 0.167. The number of anilines is 2. The zero-order valence-corrected chi connectivity index (χ0v) is 21.3. The number of benzene rings is 2. The summed E-state index contributed by atoms with van der Waals surface area (Å²) in [5.74, 6) is 0.937. The maximum Gasteiger partial charge on any atom is 0.292 e. The van der Waals surface area contributed by atoms with Gasteiger partial charge in [-0.1, -0.05) is 26.0 Å². The minimum Gasteiger partial charge on any atom is -0.424 e. The van der Waals surface area contributed by atoms with Crippen LogP contribution in [0.4, 0.5) is 11.8 Å². The summed E-state index contributed by atoms with van der Waals surface area (Å²) in [7, 11) is 2.15. The van der Waals surface area contributed by atoms with Gasteiger partial charge in [-0.05, 0) is 61.8 Å². The van der Waals surface area contributed by atoms with Crippen molar-refractivity contribution in [2.75, 3.05) is 50.4 Å². The van der Waals surface area contributed by atoms with E-state index in [0.29, 0.717) is 5.58 Å². The van der Waals surface area contributed by atoms with Crippen LogP contribution in [0.15, 0.2) is 47.0 Å². The molecule has 2 aromatic heterocycles. The van der Waals surface area contributed by atoms with Crippen LogP contribution in [0.25, 0.3) is 33.3 Å². The average molecular weight is 490 g/mol. The summed E-state index contributed by atoms with van der Waals surface area (Å²) in [4.78, 5) is 28.3. The molecule has 4 heterocycles. The number of hydrogen-bond acceptors (Lipinski definition) is 9. The molecule has 2 saturated heterocycles. The summed E-state index contributed by atoms with van der Waals surface area (Å²) in [5.41, 5.74) is 11.0. The molecule has 6 rings (SSSR count). The van der Waals surface area contributed by atoms with Gasteiger partial charge in [0.1, 0.15) is 17.6 Å². The predicted molar refractivity (Wildman–Crippen MR) is 145 cm³/mol. The number of aldehydes is 1. The molecule has 2 aromatic carbocycles. The molecule has 36 heavy (non-hydrogen) atoms. The molecule has 190 valence electrons. The predicted octanol–water partition coefficient (Wildman–Crippen LogP) is 3.74. The number of rotatable bonds is 3. The molecule has 0 saturated carbocycles. The van der Waals surface area contributed by atoms with Crippen molar-refractivity contribution in [1.29, 1.82) is 0 Å². The van der Waals surface area contributed by atoms with E-state index in [9.17, 15) is 4.79 Å². The molecule has 0 amide bonds. The van der Waals surface area contributed by atoms with Gasteiger partial charge >= 0.3 is 0 Å². The van der Waals surface area contributed by atoms with Gasteiger partial charge in [0.25, 0.3) is 6.01 Å². The van der Waals surface area contributed by atoms with Crippen LogP contribution >= 0.6 is 0 Å². The molecule has 9 nitrogen and oxygen atoms in total. The highest BCUT2D eigenvalue weighted by molar-refractivity contribution is 5.86. The molecule has 2 fully saturated rings. The monoisotopic (exact) mass is 489 g/mol. The van der Waals surface area contributed by atoms with Gasteiger partial charge < -0.3 is 30.1 Å². The molecule has 2 aliphatic heterocycles. The second-order valence-corrected chi connectivity index (χ2v) is 8.80. The Hall–Kier alpha value is -3.56. The van der Waals surface area contributed by atoms with Crippen LogP contribution in [0.5, 0.6) is 0 Å². The molecule has 9 heteroatoms. The maximum absolute atomic E-state index is 9.94. The smallest absolute Gasteiger partial charge is 0.292 e. The molecule has 1 unspecified atom stereocenters. The van der Waals surface area contributed by atoms with Crippen molar-refractivity contribution in [3.8, 4) is 11.1 Å². The van der Waals surface area contributed by atoms with E-state index in [1.165, 1.54) is 0 Å². The highest BCUT2D eigenvalue weighted by Crippen LogP contribution is 2.28. The summed E-state index contributed by atoms with van der Waals surface area (Å²) in [6.07, 6.45) is 5.04. The Morgan fingerprint density at radius 2 is 1.72 bits per heavy atom. The Labute approximate surface area is 211 Å². The number of piperazine rings is 1. The quantitative estimate of drug-likeness (QED) is 0.416. The number of fused-ring (bicyclic) bond motifs is 2. The Bertz CT molecular complexity index is 1290. The Balaban J connectivity index is 0.000000290. The largest absolute Gasteiger partial charge is 0.424 e. The number of hydrogen-bond donors (Lipinski definition) is 2. The van der Waals surface area contributed by atoms with Crippen LogP contribution in [0.2, 0.25) is 0 Å². The Kier molecular flexibility index (Phi) is 8.45. The third kappa shape index (κ3) is 5.98. The molecule has 4 aromatic rings. The molecule has 2 aliphatic rings. The summed E-state index contributed by atoms with van der Waals surface area (Å²) in [5, 5.41) is 3.04. The van der Waals surface area contributed by atoms with Crippen molar-refractivity contribution >= 4 is 40.3 Å². The molecule has 0 spiro atoms. The number of nitrogens with two attached hydrogens (primary N) is 1. The van der Waals surface area contributed by atoms with E-state index in [1.54, 1.807) is 0 Å². The molecule has 3 N–H and O–H groups in total. The summed E-state index contributed by atoms with van der Waals surface area (Å²) < 4.78 is 5.35. The van der Waals surface area contributed by atoms with Crippen LogP contribution in [0.1, 0.15) is 26.7 Å². The van der Waals surface area contributed by atoms with E-state index < -0.39 is 0 Å². The standard InChI is InChI=1S/C20H20N6O.C5H9NO.C2H6/c1-25-6-8-26(9-7-25)19-12-22-15-4-2-13(10-16(15)23-19)14-3-5-18-17(11-14)24-20(21)27-18;7-4-5-2-1-3-6-5;1-2/h2-5,10-12H,6-9H2,1H3,(H2,21,24);4-6H,1-3H2;1-2H3. The zero-order valence-electron chi connectivity index (χ0n) is 21.3. The lowest BCUT2D eigenvalue weighted by atomic mass is 10.0. The highest BCUT2D eigenvalue weighted by atomic mass is 16.4. The maximum atomic E-state index is 9.94. The van der Waals surface area contributed by atoms with Gasteiger partial charge in [-0.3, -0.25) is 4.98 Å². The molecular weight excluding hydrogens is 454 g/mol. The van der Waals surface area contributed by atoms with Crippen LogP contribution < -0.4 is 16.0 Å². The third-order valence-corrected chi connectivity index (χ3v) is 6.36. The number of oxazole rings is 1. The molecule has 1 atom stereocenters. The second-order valence-electron chi connectivity index (χ2n) is 8.80. The van der Waals surface area contributed by atoms with Crippen molar-refractivity contribution < 1.29 is 9.21 Å². The van der Waals surface area contributed by atoms with Crippen LogP contribution in [0, 0.1) is 0 Å². The van der Waals surface area contributed by atoms with E-state index in [-0.39, 0.29) is 12.1 Å². The SMILES string of the molecule is CC.CN1CCN(c2cnc3ccc(-c4ccc5oc(N)nc5c4)cc3n2)CC1.O=CC1CCCN1. The Morgan fingerprint density at radius 1 is 1.00 bits per heavy atom. The number of nitrogens with one attached hydrogen (secondary N) is 1.